The van der Waals surface area contributed by atoms with E-state index in [9.17, 15) is 12.8 Å². The number of rotatable bonds is 1. The summed E-state index contributed by atoms with van der Waals surface area (Å²) in [7, 11) is -3.30. The zero-order valence-corrected chi connectivity index (χ0v) is 13.1. The zero-order chi connectivity index (χ0) is 14.2. The van der Waals surface area contributed by atoms with Crippen molar-refractivity contribution in [3.63, 3.8) is 0 Å². The average Bonchev–Trinajstić information content (AvgIpc) is 2.27. The highest BCUT2D eigenvalue weighted by molar-refractivity contribution is 9.10. The number of aliphatic imine (C=N–C) groups is 1. The number of nitrogens with zero attached hydrogens (tertiary/aromatic N) is 1. The third kappa shape index (κ3) is 1.36. The van der Waals surface area contributed by atoms with Crippen molar-refractivity contribution in [1.29, 1.82) is 0 Å². The number of hydrogen-bond acceptors (Lipinski definition) is 3. The Morgan fingerprint density at radius 2 is 1.95 bits per heavy atom. The lowest BCUT2D eigenvalue weighted by Crippen LogP contribution is -2.75. The van der Waals surface area contributed by atoms with Gasteiger partial charge in [-0.25, -0.2) is 12.8 Å². The lowest BCUT2D eigenvalue weighted by atomic mass is 9.76. The Hall–Kier alpha value is -0.750. The highest BCUT2D eigenvalue weighted by atomic mass is 79.9. The monoisotopic (exact) mass is 345 g/mol. The van der Waals surface area contributed by atoms with Gasteiger partial charge in [0.1, 0.15) is 21.4 Å². The lowest BCUT2D eigenvalue weighted by Gasteiger charge is -2.57. The van der Waals surface area contributed by atoms with Gasteiger partial charge in [-0.05, 0) is 39.0 Å². The quantitative estimate of drug-likeness (QED) is 0.785. The summed E-state index contributed by atoms with van der Waals surface area (Å²) in [6.07, 6.45) is 0. The molecule has 1 aromatic rings. The van der Waals surface area contributed by atoms with Crippen LogP contribution >= 0.6 is 15.9 Å². The summed E-state index contributed by atoms with van der Waals surface area (Å²) in [6, 6.07) is 4.52. The molecule has 0 aliphatic carbocycles. The molecule has 102 valence electrons. The van der Waals surface area contributed by atoms with E-state index in [2.05, 4.69) is 20.9 Å². The average molecular weight is 346 g/mol. The second-order valence-electron chi connectivity index (χ2n) is 5.70. The highest BCUT2D eigenvalue weighted by Gasteiger charge is 2.72. The Morgan fingerprint density at radius 1 is 1.32 bits per heavy atom. The standard InChI is InChI=1S/C13H13BrFNO2S/c1-12(2)10-11(19(12,17)18)13(3,16-10)8-6-7(14)4-5-9(8)15/h4-6,11H,1-3H3. The van der Waals surface area contributed by atoms with Gasteiger partial charge in [0.05, 0.1) is 5.71 Å². The van der Waals surface area contributed by atoms with Crippen LogP contribution in [0, 0.1) is 5.82 Å². The van der Waals surface area contributed by atoms with Crippen molar-refractivity contribution in [3.8, 4) is 0 Å². The van der Waals surface area contributed by atoms with Crippen LogP contribution in [0.2, 0.25) is 0 Å². The van der Waals surface area contributed by atoms with Crippen molar-refractivity contribution in [2.45, 2.75) is 36.3 Å². The van der Waals surface area contributed by atoms with Crippen molar-refractivity contribution in [2.24, 2.45) is 4.99 Å². The molecule has 3 rings (SSSR count). The van der Waals surface area contributed by atoms with E-state index in [4.69, 9.17) is 0 Å². The lowest BCUT2D eigenvalue weighted by molar-refractivity contribution is 0.393. The first-order valence-electron chi connectivity index (χ1n) is 5.91. The van der Waals surface area contributed by atoms with Crippen LogP contribution in [0.5, 0.6) is 0 Å². The van der Waals surface area contributed by atoms with E-state index in [1.807, 2.05) is 0 Å². The molecule has 0 saturated carbocycles. The summed E-state index contributed by atoms with van der Waals surface area (Å²) in [5, 5.41) is -0.682. The minimum Gasteiger partial charge on any atom is -0.278 e. The molecule has 0 aromatic heterocycles. The Kier molecular flexibility index (Phi) is 2.42. The molecule has 0 radical (unpaired) electrons. The van der Waals surface area contributed by atoms with Crippen LogP contribution < -0.4 is 0 Å². The number of fused-ring (bicyclic) bond motifs is 1. The van der Waals surface area contributed by atoms with Crippen molar-refractivity contribution in [1.82, 2.24) is 0 Å². The molecule has 2 heterocycles. The Bertz CT molecular complexity index is 726. The second-order valence-corrected chi connectivity index (χ2v) is 9.20. The molecular weight excluding hydrogens is 333 g/mol. The van der Waals surface area contributed by atoms with Gasteiger partial charge in [-0.15, -0.1) is 0 Å². The molecule has 2 atom stereocenters. The summed E-state index contributed by atoms with van der Waals surface area (Å²) >= 11 is 3.28. The molecule has 1 aromatic carbocycles. The molecule has 0 N–H and O–H groups in total. The molecule has 0 bridgehead atoms. The minimum atomic E-state index is -3.30. The molecule has 0 amide bonds. The first-order chi connectivity index (χ1) is 8.62. The maximum atomic E-state index is 14.0. The molecule has 19 heavy (non-hydrogen) atoms. The highest BCUT2D eigenvalue weighted by Crippen LogP contribution is 2.55. The normalized spacial score (nSPS) is 33.7. The first kappa shape index (κ1) is 13.2. The first-order valence-corrected chi connectivity index (χ1v) is 8.25. The van der Waals surface area contributed by atoms with Gasteiger partial charge in [0.25, 0.3) is 0 Å². The molecule has 2 unspecified atom stereocenters. The van der Waals surface area contributed by atoms with Gasteiger partial charge in [-0.2, -0.15) is 0 Å². The summed E-state index contributed by atoms with van der Waals surface area (Å²) in [4.78, 5) is 4.42. The van der Waals surface area contributed by atoms with E-state index in [1.165, 1.54) is 6.07 Å². The van der Waals surface area contributed by atoms with Crippen molar-refractivity contribution in [3.05, 3.63) is 34.1 Å². The maximum absolute atomic E-state index is 14.0. The summed E-state index contributed by atoms with van der Waals surface area (Å²) in [6.45, 7) is 4.97. The predicted molar refractivity (Wildman–Crippen MR) is 75.7 cm³/mol. The van der Waals surface area contributed by atoms with Gasteiger partial charge in [-0.3, -0.25) is 4.99 Å². The van der Waals surface area contributed by atoms with Gasteiger partial charge in [-0.1, -0.05) is 15.9 Å². The Balaban J connectivity index is 2.17. The van der Waals surface area contributed by atoms with Gasteiger partial charge >= 0.3 is 0 Å². The van der Waals surface area contributed by atoms with Crippen LogP contribution in [0.15, 0.2) is 27.7 Å². The molecule has 1 fully saturated rings. The van der Waals surface area contributed by atoms with Crippen LogP contribution in [-0.4, -0.2) is 24.1 Å². The fourth-order valence-electron chi connectivity index (χ4n) is 2.94. The van der Waals surface area contributed by atoms with Crippen LogP contribution in [-0.2, 0) is 15.4 Å². The molecule has 0 spiro atoms. The molecule has 2 aliphatic rings. The van der Waals surface area contributed by atoms with E-state index in [0.29, 0.717) is 15.7 Å². The van der Waals surface area contributed by atoms with Crippen LogP contribution in [0.1, 0.15) is 26.3 Å². The third-order valence-corrected chi connectivity index (χ3v) is 7.65. The van der Waals surface area contributed by atoms with Crippen molar-refractivity contribution >= 4 is 31.5 Å². The number of sulfone groups is 1. The van der Waals surface area contributed by atoms with Gasteiger partial charge < -0.3 is 0 Å². The number of hydrogen-bond donors (Lipinski definition) is 0. The Labute approximate surface area is 120 Å². The second kappa shape index (κ2) is 3.47. The summed E-state index contributed by atoms with van der Waals surface area (Å²) in [5.41, 5.74) is -0.0125. The molecular formula is C13H13BrFNO2S. The fourth-order valence-corrected chi connectivity index (χ4v) is 5.58. The molecule has 2 aliphatic heterocycles. The van der Waals surface area contributed by atoms with Crippen LogP contribution in [0.4, 0.5) is 4.39 Å². The third-order valence-electron chi connectivity index (χ3n) is 4.22. The van der Waals surface area contributed by atoms with E-state index in [1.54, 1.807) is 32.9 Å². The topological polar surface area (TPSA) is 46.5 Å². The van der Waals surface area contributed by atoms with Gasteiger partial charge in [0.15, 0.2) is 9.84 Å². The van der Waals surface area contributed by atoms with Gasteiger partial charge in [0.2, 0.25) is 0 Å². The maximum Gasteiger partial charge on any atom is 0.171 e. The minimum absolute atomic E-state index is 0.328. The van der Waals surface area contributed by atoms with Gasteiger partial charge in [0, 0.05) is 10.0 Å². The van der Waals surface area contributed by atoms with Crippen molar-refractivity contribution < 1.29 is 12.8 Å². The van der Waals surface area contributed by atoms with E-state index in [0.717, 1.165) is 0 Å². The van der Waals surface area contributed by atoms with E-state index in [-0.39, 0.29) is 0 Å². The van der Waals surface area contributed by atoms with Crippen molar-refractivity contribution in [2.75, 3.05) is 0 Å². The van der Waals surface area contributed by atoms with E-state index >= 15 is 0 Å². The van der Waals surface area contributed by atoms with Crippen LogP contribution in [0.3, 0.4) is 0 Å². The Morgan fingerprint density at radius 3 is 2.53 bits per heavy atom. The predicted octanol–water partition coefficient (Wildman–Crippen LogP) is 2.83. The largest absolute Gasteiger partial charge is 0.278 e. The van der Waals surface area contributed by atoms with Crippen LogP contribution in [0.25, 0.3) is 0 Å². The number of benzene rings is 1. The van der Waals surface area contributed by atoms with E-state index < -0.39 is 31.2 Å². The SMILES string of the molecule is CC1(c2cc(Br)ccc2F)N=C2C1S(=O)(=O)C2(C)C. The molecule has 6 heteroatoms. The summed E-state index contributed by atoms with van der Waals surface area (Å²) < 4.78 is 38.4. The summed E-state index contributed by atoms with van der Waals surface area (Å²) in [5.74, 6) is -0.423. The smallest absolute Gasteiger partial charge is 0.171 e. The molecule has 1 saturated heterocycles. The number of halogens is 2. The zero-order valence-electron chi connectivity index (χ0n) is 10.7. The molecule has 3 nitrogen and oxygen atoms in total. The fraction of sp³-hybridized carbons (Fsp3) is 0.462.